The summed E-state index contributed by atoms with van der Waals surface area (Å²) in [6, 6.07) is 0. The van der Waals surface area contributed by atoms with Crippen LogP contribution in [0.1, 0.15) is 19.8 Å². The molecule has 1 saturated carbocycles. The van der Waals surface area contributed by atoms with Gasteiger partial charge in [-0.3, -0.25) is 4.79 Å². The maximum atomic E-state index is 11.5. The molecule has 0 spiro atoms. The van der Waals surface area contributed by atoms with Gasteiger partial charge in [-0.15, -0.1) is 23.2 Å². The molecule has 1 rings (SSSR count). The van der Waals surface area contributed by atoms with E-state index >= 15 is 0 Å². The van der Waals surface area contributed by atoms with Crippen LogP contribution in [0.4, 0.5) is 0 Å². The predicted molar refractivity (Wildman–Crippen MR) is 51.9 cm³/mol. The Kier molecular flexibility index (Phi) is 3.10. The third-order valence-electron chi connectivity index (χ3n) is 2.38. The molecule has 76 valence electrons. The number of alkyl halides is 2. The van der Waals surface area contributed by atoms with Crippen molar-refractivity contribution in [2.24, 2.45) is 5.41 Å². The van der Waals surface area contributed by atoms with E-state index in [-0.39, 0.29) is 12.5 Å². The number of aliphatic hydroxyl groups is 1. The first-order valence-corrected chi connectivity index (χ1v) is 4.96. The molecule has 0 aromatic rings. The fourth-order valence-electron chi connectivity index (χ4n) is 1.12. The quantitative estimate of drug-likeness (QED) is 0.556. The first-order valence-electron chi connectivity index (χ1n) is 4.21. The van der Waals surface area contributed by atoms with Crippen LogP contribution < -0.4 is 5.32 Å². The van der Waals surface area contributed by atoms with E-state index in [0.717, 1.165) is 0 Å². The highest BCUT2D eigenvalue weighted by Crippen LogP contribution is 2.63. The smallest absolute Gasteiger partial charge is 0.229 e. The number of carbonyl (C=O) groups excluding carboxylic acids is 1. The second-order valence-electron chi connectivity index (χ2n) is 3.55. The lowest BCUT2D eigenvalue weighted by atomic mass is 10.1. The van der Waals surface area contributed by atoms with E-state index in [1.165, 1.54) is 0 Å². The summed E-state index contributed by atoms with van der Waals surface area (Å²) in [7, 11) is 0. The van der Waals surface area contributed by atoms with Crippen molar-refractivity contribution in [3.63, 3.8) is 0 Å². The minimum atomic E-state index is -0.906. The van der Waals surface area contributed by atoms with Gasteiger partial charge in [-0.05, 0) is 19.8 Å². The molecule has 1 amide bonds. The van der Waals surface area contributed by atoms with E-state index in [4.69, 9.17) is 28.3 Å². The topological polar surface area (TPSA) is 49.3 Å². The van der Waals surface area contributed by atoms with Crippen LogP contribution in [0.15, 0.2) is 0 Å². The second-order valence-corrected chi connectivity index (χ2v) is 5.03. The van der Waals surface area contributed by atoms with Crippen LogP contribution >= 0.6 is 23.2 Å². The van der Waals surface area contributed by atoms with Gasteiger partial charge in [0, 0.05) is 13.2 Å². The Balaban J connectivity index is 2.34. The van der Waals surface area contributed by atoms with Crippen LogP contribution in [-0.4, -0.2) is 28.5 Å². The summed E-state index contributed by atoms with van der Waals surface area (Å²) >= 11 is 11.6. The SMILES string of the molecule is CC1(C(=O)NCCCO)CC1(Cl)Cl. The Morgan fingerprint density at radius 1 is 1.62 bits per heavy atom. The van der Waals surface area contributed by atoms with Crippen LogP contribution in [-0.2, 0) is 4.79 Å². The van der Waals surface area contributed by atoms with Gasteiger partial charge in [-0.1, -0.05) is 0 Å². The van der Waals surface area contributed by atoms with E-state index in [1.54, 1.807) is 6.92 Å². The number of amides is 1. The summed E-state index contributed by atoms with van der Waals surface area (Å²) in [5, 5.41) is 11.2. The molecule has 1 fully saturated rings. The molecule has 0 heterocycles. The fourth-order valence-corrected chi connectivity index (χ4v) is 1.83. The standard InChI is InChI=1S/C8H13Cl2NO2/c1-7(5-8(7,9)10)6(13)11-3-2-4-12/h12H,2-5H2,1H3,(H,11,13). The molecular formula is C8H13Cl2NO2. The highest BCUT2D eigenvalue weighted by atomic mass is 35.5. The molecule has 5 heteroatoms. The van der Waals surface area contributed by atoms with Crippen LogP contribution in [0.5, 0.6) is 0 Å². The number of hydrogen-bond acceptors (Lipinski definition) is 2. The van der Waals surface area contributed by atoms with E-state index in [1.807, 2.05) is 0 Å². The van der Waals surface area contributed by atoms with E-state index in [0.29, 0.717) is 19.4 Å². The lowest BCUT2D eigenvalue weighted by molar-refractivity contribution is -0.125. The molecular weight excluding hydrogens is 213 g/mol. The molecule has 2 N–H and O–H groups in total. The molecule has 1 atom stereocenters. The minimum Gasteiger partial charge on any atom is -0.396 e. The summed E-state index contributed by atoms with van der Waals surface area (Å²) in [5.41, 5.74) is -0.647. The summed E-state index contributed by atoms with van der Waals surface area (Å²) in [6.07, 6.45) is 1.05. The molecule has 0 aromatic carbocycles. The summed E-state index contributed by atoms with van der Waals surface area (Å²) in [6.45, 7) is 2.28. The second kappa shape index (κ2) is 3.64. The predicted octanol–water partition coefficient (Wildman–Crippen LogP) is 1.07. The van der Waals surface area contributed by atoms with Crippen LogP contribution in [0, 0.1) is 5.41 Å². The molecule has 0 aliphatic heterocycles. The number of hydrogen-bond donors (Lipinski definition) is 2. The Morgan fingerprint density at radius 3 is 2.54 bits per heavy atom. The molecule has 0 aromatic heterocycles. The zero-order valence-electron chi connectivity index (χ0n) is 7.44. The highest BCUT2D eigenvalue weighted by molar-refractivity contribution is 6.53. The van der Waals surface area contributed by atoms with Gasteiger partial charge < -0.3 is 10.4 Å². The molecule has 1 aliphatic carbocycles. The maximum absolute atomic E-state index is 11.5. The van der Waals surface area contributed by atoms with Gasteiger partial charge >= 0.3 is 0 Å². The lowest BCUT2D eigenvalue weighted by Crippen LogP contribution is -2.34. The van der Waals surface area contributed by atoms with Crippen molar-refractivity contribution in [3.05, 3.63) is 0 Å². The molecule has 1 aliphatic rings. The lowest BCUT2D eigenvalue weighted by Gasteiger charge is -2.11. The number of rotatable bonds is 4. The average molecular weight is 226 g/mol. The number of carbonyl (C=O) groups is 1. The van der Waals surface area contributed by atoms with E-state index in [9.17, 15) is 4.79 Å². The van der Waals surface area contributed by atoms with Gasteiger partial charge in [-0.2, -0.15) is 0 Å². The van der Waals surface area contributed by atoms with Gasteiger partial charge in [-0.25, -0.2) is 0 Å². The molecule has 13 heavy (non-hydrogen) atoms. The van der Waals surface area contributed by atoms with Gasteiger partial charge in [0.05, 0.1) is 5.41 Å². The van der Waals surface area contributed by atoms with Gasteiger partial charge in [0.2, 0.25) is 5.91 Å². The molecule has 3 nitrogen and oxygen atoms in total. The van der Waals surface area contributed by atoms with Crippen molar-refractivity contribution in [2.45, 2.75) is 24.1 Å². The third kappa shape index (κ3) is 2.09. The van der Waals surface area contributed by atoms with E-state index < -0.39 is 9.75 Å². The first-order chi connectivity index (χ1) is 5.94. The van der Waals surface area contributed by atoms with Crippen LogP contribution in [0.25, 0.3) is 0 Å². The van der Waals surface area contributed by atoms with Gasteiger partial charge in [0.1, 0.15) is 4.33 Å². The Morgan fingerprint density at radius 2 is 2.15 bits per heavy atom. The Labute approximate surface area is 87.4 Å². The average Bonchev–Trinajstić information content (AvgIpc) is 2.53. The van der Waals surface area contributed by atoms with Crippen molar-refractivity contribution < 1.29 is 9.90 Å². The fraction of sp³-hybridized carbons (Fsp3) is 0.875. The third-order valence-corrected chi connectivity index (χ3v) is 3.48. The molecule has 0 saturated heterocycles. The summed E-state index contributed by atoms with van der Waals surface area (Å²) < 4.78 is -0.906. The first kappa shape index (κ1) is 11.1. The maximum Gasteiger partial charge on any atom is 0.229 e. The van der Waals surface area contributed by atoms with Crippen molar-refractivity contribution in [1.82, 2.24) is 5.32 Å². The normalized spacial score (nSPS) is 29.8. The van der Waals surface area contributed by atoms with Crippen molar-refractivity contribution in [3.8, 4) is 0 Å². The summed E-state index contributed by atoms with van der Waals surface area (Å²) in [5.74, 6) is -0.133. The largest absolute Gasteiger partial charge is 0.396 e. The van der Waals surface area contributed by atoms with E-state index in [2.05, 4.69) is 5.32 Å². The summed E-state index contributed by atoms with van der Waals surface area (Å²) in [4.78, 5) is 11.5. The van der Waals surface area contributed by atoms with Crippen LogP contribution in [0.3, 0.4) is 0 Å². The number of halogens is 2. The van der Waals surface area contributed by atoms with Gasteiger partial charge in [0.25, 0.3) is 0 Å². The van der Waals surface area contributed by atoms with Gasteiger partial charge in [0.15, 0.2) is 0 Å². The zero-order valence-corrected chi connectivity index (χ0v) is 8.95. The number of aliphatic hydroxyl groups excluding tert-OH is 1. The van der Waals surface area contributed by atoms with Crippen LogP contribution in [0.2, 0.25) is 0 Å². The molecule has 1 unspecified atom stereocenters. The highest BCUT2D eigenvalue weighted by Gasteiger charge is 2.67. The van der Waals surface area contributed by atoms with Crippen molar-refractivity contribution in [1.29, 1.82) is 0 Å². The number of nitrogens with one attached hydrogen (secondary N) is 1. The van der Waals surface area contributed by atoms with Crippen molar-refractivity contribution >= 4 is 29.1 Å². The Hall–Kier alpha value is 0.01000. The molecule has 0 radical (unpaired) electrons. The van der Waals surface area contributed by atoms with Crippen molar-refractivity contribution in [2.75, 3.05) is 13.2 Å². The molecule has 0 bridgehead atoms. The monoisotopic (exact) mass is 225 g/mol. The minimum absolute atomic E-state index is 0.0733. The zero-order chi connectivity index (χ0) is 10.1. The Bertz CT molecular complexity index is 220.